The number of carbonyl (C=O) groups is 1. The van der Waals surface area contributed by atoms with E-state index < -0.39 is 5.79 Å². The number of likely N-dealkylation sites (tertiary alicyclic amines) is 1. The summed E-state index contributed by atoms with van der Waals surface area (Å²) in [6, 6.07) is 3.90. The quantitative estimate of drug-likeness (QED) is 0.775. The third-order valence-electron chi connectivity index (χ3n) is 5.92. The largest absolute Gasteiger partial charge is 0.357 e. The summed E-state index contributed by atoms with van der Waals surface area (Å²) in [7, 11) is 0. The van der Waals surface area contributed by atoms with Crippen molar-refractivity contribution >= 4 is 11.7 Å². The van der Waals surface area contributed by atoms with E-state index in [0.717, 1.165) is 24.5 Å². The highest BCUT2D eigenvalue weighted by atomic mass is 16.7. The van der Waals surface area contributed by atoms with E-state index in [-0.39, 0.29) is 11.8 Å². The number of hydrogen-bond acceptors (Lipinski definition) is 8. The van der Waals surface area contributed by atoms with Crippen molar-refractivity contribution in [2.75, 3.05) is 44.3 Å². The van der Waals surface area contributed by atoms with Crippen LogP contribution in [-0.4, -0.2) is 71.1 Å². The Labute approximate surface area is 169 Å². The van der Waals surface area contributed by atoms with Crippen molar-refractivity contribution in [3.8, 4) is 11.4 Å². The van der Waals surface area contributed by atoms with Crippen LogP contribution in [0.15, 0.2) is 22.9 Å². The van der Waals surface area contributed by atoms with E-state index in [4.69, 9.17) is 14.0 Å². The van der Waals surface area contributed by atoms with Crippen LogP contribution in [0.1, 0.15) is 42.8 Å². The Kier molecular flexibility index (Phi) is 4.92. The smallest absolute Gasteiger partial charge is 0.316 e. The van der Waals surface area contributed by atoms with Gasteiger partial charge in [-0.15, -0.1) is 0 Å². The van der Waals surface area contributed by atoms with E-state index >= 15 is 0 Å². The molecule has 0 aliphatic carbocycles. The molecule has 3 aliphatic heterocycles. The standard InChI is InChI=1S/C20H25N5O4/c26-19(25-10-6-20(7-11-25)27-12-13-28-20)18-22-17(23-29-18)15-4-5-16(21-14-15)24-8-2-1-3-9-24/h4-5,14H,1-3,6-13H2. The van der Waals surface area contributed by atoms with Gasteiger partial charge in [0.25, 0.3) is 0 Å². The lowest BCUT2D eigenvalue weighted by Gasteiger charge is -2.36. The maximum atomic E-state index is 12.7. The van der Waals surface area contributed by atoms with Gasteiger partial charge in [0.2, 0.25) is 5.82 Å². The molecule has 3 fully saturated rings. The van der Waals surface area contributed by atoms with Gasteiger partial charge in [0.1, 0.15) is 5.82 Å². The van der Waals surface area contributed by atoms with Gasteiger partial charge < -0.3 is 23.8 Å². The summed E-state index contributed by atoms with van der Waals surface area (Å²) in [5.74, 6) is 0.575. The van der Waals surface area contributed by atoms with Crippen molar-refractivity contribution in [3.05, 3.63) is 24.2 Å². The molecular formula is C20H25N5O4. The van der Waals surface area contributed by atoms with Crippen molar-refractivity contribution in [2.24, 2.45) is 0 Å². The molecule has 3 aliphatic rings. The zero-order chi connectivity index (χ0) is 19.7. The Bertz CT molecular complexity index is 846. The van der Waals surface area contributed by atoms with Crippen molar-refractivity contribution < 1.29 is 18.8 Å². The van der Waals surface area contributed by atoms with Crippen molar-refractivity contribution in [1.82, 2.24) is 20.0 Å². The molecule has 5 rings (SSSR count). The number of aromatic nitrogens is 3. The topological polar surface area (TPSA) is 93.8 Å². The zero-order valence-electron chi connectivity index (χ0n) is 16.4. The van der Waals surface area contributed by atoms with E-state index in [1.165, 1.54) is 19.3 Å². The van der Waals surface area contributed by atoms with Gasteiger partial charge >= 0.3 is 11.8 Å². The summed E-state index contributed by atoms with van der Waals surface area (Å²) in [6.07, 6.45) is 6.74. The van der Waals surface area contributed by atoms with E-state index in [0.29, 0.717) is 45.0 Å². The van der Waals surface area contributed by atoms with Gasteiger partial charge in [0.05, 0.1) is 13.2 Å². The van der Waals surface area contributed by atoms with Gasteiger partial charge in [-0.1, -0.05) is 5.16 Å². The van der Waals surface area contributed by atoms with E-state index in [1.807, 2.05) is 12.1 Å². The fourth-order valence-electron chi connectivity index (χ4n) is 4.23. The number of anilines is 1. The molecule has 9 heteroatoms. The van der Waals surface area contributed by atoms with E-state index in [2.05, 4.69) is 20.0 Å². The lowest BCUT2D eigenvalue weighted by atomic mass is 10.0. The van der Waals surface area contributed by atoms with E-state index in [9.17, 15) is 4.79 Å². The van der Waals surface area contributed by atoms with Gasteiger partial charge in [-0.2, -0.15) is 4.98 Å². The molecule has 0 bridgehead atoms. The second-order valence-electron chi connectivity index (χ2n) is 7.78. The predicted octanol–water partition coefficient (Wildman–Crippen LogP) is 2.10. The number of piperidine rings is 2. The Morgan fingerprint density at radius 1 is 1.00 bits per heavy atom. The third-order valence-corrected chi connectivity index (χ3v) is 5.92. The van der Waals surface area contributed by atoms with Gasteiger partial charge in [0.15, 0.2) is 5.79 Å². The summed E-state index contributed by atoms with van der Waals surface area (Å²) in [4.78, 5) is 25.6. The first-order valence-corrected chi connectivity index (χ1v) is 10.3. The van der Waals surface area contributed by atoms with Crippen LogP contribution in [-0.2, 0) is 9.47 Å². The maximum absolute atomic E-state index is 12.7. The highest BCUT2D eigenvalue weighted by Gasteiger charge is 2.41. The fourth-order valence-corrected chi connectivity index (χ4v) is 4.23. The molecule has 5 heterocycles. The van der Waals surface area contributed by atoms with Crippen LogP contribution >= 0.6 is 0 Å². The molecular weight excluding hydrogens is 374 g/mol. The number of ether oxygens (including phenoxy) is 2. The lowest BCUT2D eigenvalue weighted by molar-refractivity contribution is -0.181. The monoisotopic (exact) mass is 399 g/mol. The molecule has 2 aromatic rings. The Balaban J connectivity index is 1.24. The fraction of sp³-hybridized carbons (Fsp3) is 0.600. The van der Waals surface area contributed by atoms with Crippen LogP contribution in [0, 0.1) is 0 Å². The summed E-state index contributed by atoms with van der Waals surface area (Å²) in [5.41, 5.74) is 0.735. The van der Waals surface area contributed by atoms with Crippen molar-refractivity contribution in [3.63, 3.8) is 0 Å². The first-order chi connectivity index (χ1) is 14.2. The predicted molar refractivity (Wildman–Crippen MR) is 103 cm³/mol. The summed E-state index contributed by atoms with van der Waals surface area (Å²) in [6.45, 7) is 4.41. The molecule has 0 radical (unpaired) electrons. The summed E-state index contributed by atoms with van der Waals surface area (Å²) >= 11 is 0. The first-order valence-electron chi connectivity index (χ1n) is 10.3. The molecule has 154 valence electrons. The lowest BCUT2D eigenvalue weighted by Crippen LogP contribution is -2.47. The van der Waals surface area contributed by atoms with Gasteiger partial charge in [-0.25, -0.2) is 4.98 Å². The average Bonchev–Trinajstić information content (AvgIpc) is 3.45. The molecule has 9 nitrogen and oxygen atoms in total. The molecule has 29 heavy (non-hydrogen) atoms. The number of pyridine rings is 1. The first kappa shape index (κ1) is 18.5. The minimum absolute atomic E-state index is 0.00400. The van der Waals surface area contributed by atoms with Crippen LogP contribution in [0.3, 0.4) is 0 Å². The van der Waals surface area contributed by atoms with Crippen LogP contribution < -0.4 is 4.90 Å². The second-order valence-corrected chi connectivity index (χ2v) is 7.78. The van der Waals surface area contributed by atoms with E-state index in [1.54, 1.807) is 11.1 Å². The normalized spacial score (nSPS) is 21.7. The van der Waals surface area contributed by atoms with Crippen LogP contribution in [0.5, 0.6) is 0 Å². The minimum atomic E-state index is -0.515. The molecule has 0 unspecified atom stereocenters. The maximum Gasteiger partial charge on any atom is 0.316 e. The highest BCUT2D eigenvalue weighted by molar-refractivity contribution is 5.90. The molecule has 3 saturated heterocycles. The minimum Gasteiger partial charge on any atom is -0.357 e. The number of carbonyl (C=O) groups excluding carboxylic acids is 1. The molecule has 2 aromatic heterocycles. The third kappa shape index (κ3) is 3.72. The molecule has 0 atom stereocenters. The Morgan fingerprint density at radius 2 is 1.76 bits per heavy atom. The van der Waals surface area contributed by atoms with Crippen molar-refractivity contribution in [2.45, 2.75) is 37.9 Å². The summed E-state index contributed by atoms with van der Waals surface area (Å²) < 4.78 is 16.7. The molecule has 1 amide bonds. The molecule has 0 saturated carbocycles. The molecule has 0 N–H and O–H groups in total. The van der Waals surface area contributed by atoms with Crippen LogP contribution in [0.4, 0.5) is 5.82 Å². The molecule has 0 aromatic carbocycles. The number of hydrogen-bond donors (Lipinski definition) is 0. The Hall–Kier alpha value is -2.52. The number of amides is 1. The average molecular weight is 399 g/mol. The van der Waals surface area contributed by atoms with Gasteiger partial charge in [-0.05, 0) is 31.4 Å². The highest BCUT2D eigenvalue weighted by Crippen LogP contribution is 2.31. The Morgan fingerprint density at radius 3 is 2.45 bits per heavy atom. The van der Waals surface area contributed by atoms with Gasteiger partial charge in [0, 0.05) is 50.8 Å². The van der Waals surface area contributed by atoms with Crippen molar-refractivity contribution in [1.29, 1.82) is 0 Å². The van der Waals surface area contributed by atoms with Crippen LogP contribution in [0.2, 0.25) is 0 Å². The van der Waals surface area contributed by atoms with Gasteiger partial charge in [-0.3, -0.25) is 4.79 Å². The SMILES string of the molecule is O=C(c1nc(-c2ccc(N3CCCCC3)nc2)no1)N1CCC2(CC1)OCCO2. The molecule has 1 spiro atoms. The second kappa shape index (κ2) is 7.72. The number of rotatable bonds is 3. The van der Waals surface area contributed by atoms with Crippen LogP contribution in [0.25, 0.3) is 11.4 Å². The number of nitrogens with zero attached hydrogens (tertiary/aromatic N) is 5. The zero-order valence-corrected chi connectivity index (χ0v) is 16.4. The summed E-state index contributed by atoms with van der Waals surface area (Å²) in [5, 5.41) is 3.98.